The van der Waals surface area contributed by atoms with Gasteiger partial charge in [0.05, 0.1) is 43.4 Å². The van der Waals surface area contributed by atoms with E-state index < -0.39 is 38.5 Å². The fourth-order valence-corrected chi connectivity index (χ4v) is 8.47. The molecule has 3 aromatic carbocycles. The number of aliphatic carboxylic acids is 1. The van der Waals surface area contributed by atoms with Gasteiger partial charge in [-0.15, -0.1) is 0 Å². The molecule has 5 rings (SSSR count). The normalized spacial score (nSPS) is 12.2. The largest absolute Gasteiger partial charge is 0.488 e. The van der Waals surface area contributed by atoms with Gasteiger partial charge in [-0.05, 0) is 104 Å². The highest BCUT2D eigenvalue weighted by Crippen LogP contribution is 2.38. The van der Waals surface area contributed by atoms with Crippen molar-refractivity contribution in [3.8, 4) is 40.5 Å². The Morgan fingerprint density at radius 1 is 0.859 bits per heavy atom. The fraction of sp³-hybridized carbons (Fsp3) is 0.426. The molecule has 2 aromatic heterocycles. The van der Waals surface area contributed by atoms with Crippen molar-refractivity contribution in [3.63, 3.8) is 0 Å². The molecule has 0 radical (unpaired) electrons. The molecule has 0 aliphatic heterocycles. The Hall–Kier alpha value is -6.22. The van der Waals surface area contributed by atoms with Crippen LogP contribution in [0.25, 0.3) is 11.1 Å². The van der Waals surface area contributed by atoms with Crippen molar-refractivity contribution in [2.75, 3.05) is 26.8 Å². The van der Waals surface area contributed by atoms with Crippen molar-refractivity contribution in [2.24, 2.45) is 0 Å². The van der Waals surface area contributed by atoms with E-state index in [0.29, 0.717) is 63.7 Å². The topological polar surface area (TPSA) is 195 Å². The lowest BCUT2D eigenvalue weighted by molar-refractivity contribution is -0.139. The van der Waals surface area contributed by atoms with Crippen molar-refractivity contribution in [1.29, 1.82) is 5.26 Å². The number of amides is 1. The van der Waals surface area contributed by atoms with Crippen molar-refractivity contribution in [2.45, 2.75) is 125 Å². The van der Waals surface area contributed by atoms with Crippen LogP contribution in [0.4, 0.5) is 4.79 Å². The maximum Gasteiger partial charge on any atom is 0.410 e. The number of methoxy groups -OCH3 is 1. The summed E-state index contributed by atoms with van der Waals surface area (Å²) in [7, 11) is -0.507. The maximum atomic E-state index is 13.4. The number of carbonyl (C=O) groups is 2. The van der Waals surface area contributed by atoms with Crippen LogP contribution in [-0.4, -0.2) is 84.0 Å². The molecule has 0 unspecified atom stereocenters. The summed E-state index contributed by atoms with van der Waals surface area (Å²) in [6.45, 7) is 22.2. The number of benzene rings is 3. The van der Waals surface area contributed by atoms with Crippen LogP contribution in [-0.2, 0) is 46.9 Å². The second kappa shape index (κ2) is 24.7. The smallest absolute Gasteiger partial charge is 0.410 e. The third-order valence-electron chi connectivity index (χ3n) is 12.2. The monoisotopic (exact) mass is 1010 g/mol. The molecule has 1 amide bonds. The van der Waals surface area contributed by atoms with Crippen molar-refractivity contribution in [3.05, 3.63) is 129 Å². The first-order chi connectivity index (χ1) is 33.5. The Morgan fingerprint density at radius 2 is 1.51 bits per heavy atom. The third-order valence-corrected chi connectivity index (χ3v) is 17.1. The zero-order chi connectivity index (χ0) is 52.1. The minimum absolute atomic E-state index is 0.0260. The molecule has 2 heterocycles. The van der Waals surface area contributed by atoms with E-state index in [1.54, 1.807) is 42.5 Å². The van der Waals surface area contributed by atoms with Gasteiger partial charge >= 0.3 is 12.1 Å². The Labute approximate surface area is 424 Å². The molecule has 0 aliphatic rings. The summed E-state index contributed by atoms with van der Waals surface area (Å²) in [5, 5.41) is 31.9. The third kappa shape index (κ3) is 16.1. The number of nitrogens with one attached hydrogen (secondary N) is 1. The fourth-order valence-electron chi connectivity index (χ4n) is 7.19. The number of hydrogen-bond acceptors (Lipinski definition) is 13. The van der Waals surface area contributed by atoms with E-state index in [-0.39, 0.29) is 44.5 Å². The minimum Gasteiger partial charge on any atom is -0.488 e. The number of carboxylic acids is 1. The number of pyridine rings is 2. The molecular weight excluding hydrogens is 942 g/mol. The quantitative estimate of drug-likeness (QED) is 0.0523. The Kier molecular flexibility index (Phi) is 19.4. The van der Waals surface area contributed by atoms with Crippen LogP contribution in [0.5, 0.6) is 23.3 Å². The first-order valence-corrected chi connectivity index (χ1v) is 26.8. The maximum absolute atomic E-state index is 13.4. The van der Waals surface area contributed by atoms with E-state index in [1.165, 1.54) is 6.20 Å². The average Bonchev–Trinajstić information content (AvgIpc) is 3.29. The van der Waals surface area contributed by atoms with E-state index in [2.05, 4.69) is 74.3 Å². The lowest BCUT2D eigenvalue weighted by atomic mass is 9.92. The van der Waals surface area contributed by atoms with Crippen molar-refractivity contribution in [1.82, 2.24) is 20.2 Å². The molecular formula is C54H68ClN5O10Si. The van der Waals surface area contributed by atoms with Gasteiger partial charge in [0.1, 0.15) is 43.0 Å². The zero-order valence-corrected chi connectivity index (χ0v) is 44.5. The number of aliphatic hydroxyl groups excluding tert-OH is 1. The second-order valence-electron chi connectivity index (χ2n) is 19.8. The van der Waals surface area contributed by atoms with Crippen LogP contribution in [0.3, 0.4) is 0 Å². The highest BCUT2D eigenvalue weighted by molar-refractivity contribution is 6.74. The van der Waals surface area contributed by atoms with E-state index in [0.717, 1.165) is 33.4 Å². The van der Waals surface area contributed by atoms with Crippen molar-refractivity contribution < 1.29 is 47.9 Å². The second-order valence-corrected chi connectivity index (χ2v) is 25.1. The Morgan fingerprint density at radius 3 is 2.11 bits per heavy atom. The number of aromatic nitrogens is 2. The number of aliphatic hydroxyl groups is 1. The van der Waals surface area contributed by atoms with Gasteiger partial charge in [-0.1, -0.05) is 68.8 Å². The molecule has 3 N–H and O–H groups in total. The number of hydrogen-bond donors (Lipinski definition) is 3. The van der Waals surface area contributed by atoms with Crippen molar-refractivity contribution >= 4 is 32.0 Å². The molecule has 0 fully saturated rings. The van der Waals surface area contributed by atoms with Crippen LogP contribution in [0.15, 0.2) is 79.1 Å². The molecule has 0 bridgehead atoms. The molecule has 0 saturated heterocycles. The summed E-state index contributed by atoms with van der Waals surface area (Å²) < 4.78 is 36.8. The molecule has 380 valence electrons. The van der Waals surface area contributed by atoms with Gasteiger partial charge in [-0.2, -0.15) is 10.2 Å². The predicted molar refractivity (Wildman–Crippen MR) is 275 cm³/mol. The van der Waals surface area contributed by atoms with Crippen LogP contribution >= 0.6 is 11.6 Å². The first-order valence-electron chi connectivity index (χ1n) is 23.5. The Bertz CT molecular complexity index is 2680. The van der Waals surface area contributed by atoms with E-state index >= 15 is 0 Å². The van der Waals surface area contributed by atoms with Crippen LogP contribution < -0.4 is 24.3 Å². The summed E-state index contributed by atoms with van der Waals surface area (Å²) >= 11 is 6.80. The Balaban J connectivity index is 1.30. The SMILES string of the molecule is COc1nc(OCc2cccc(-c3cccc(COc4cc(OCc5cncc(C#N)c5)c(CNC[C@@H](O)CC(=O)O)cc4Cl)c3C)c2C)ccc1CN(CCO[Si](C)(C)C(C)(C)C)C(=O)OC(C)(C)C. The lowest BCUT2D eigenvalue weighted by Gasteiger charge is -2.37. The van der Waals surface area contributed by atoms with Gasteiger partial charge in [0.25, 0.3) is 0 Å². The number of rotatable bonds is 23. The highest BCUT2D eigenvalue weighted by atomic mass is 35.5. The van der Waals surface area contributed by atoms with Crippen LogP contribution in [0.1, 0.15) is 92.5 Å². The number of carbonyl (C=O) groups excluding carboxylic acids is 1. The van der Waals surface area contributed by atoms with Gasteiger partial charge in [-0.3, -0.25) is 9.78 Å². The summed E-state index contributed by atoms with van der Waals surface area (Å²) in [5.41, 5.74) is 7.74. The standard InChI is InChI=1S/C54H68ClN5O10Si/c1-35-40(33-67-48-25-47(66-32-38-22-37(26-56)27-57-28-38)42(23-46(48)55)29-58-30-43(61)24-50(62)63)14-12-16-44(35)45-17-13-15-41(36(45)2)34-68-49-19-18-39(51(59-49)65-9)31-60(52(64)70-53(3,4)5)20-21-69-71(10,11)54(6,7)8/h12-19,22-23,25,27-28,43,58,61H,20-21,24,29-34H2,1-11H3,(H,62,63)/t43-/m0/s1. The van der Waals surface area contributed by atoms with Gasteiger partial charge in [0.2, 0.25) is 11.8 Å². The summed E-state index contributed by atoms with van der Waals surface area (Å²) in [5.74, 6) is 0.430. The van der Waals surface area contributed by atoms with E-state index in [1.807, 2.05) is 58.0 Å². The van der Waals surface area contributed by atoms with E-state index in [9.17, 15) is 20.0 Å². The van der Waals surface area contributed by atoms with Crippen LogP contribution in [0, 0.1) is 25.2 Å². The molecule has 0 spiro atoms. The summed E-state index contributed by atoms with van der Waals surface area (Å²) in [6.07, 6.45) is 1.15. The number of carboxylic acid groups (broad SMARTS) is 1. The van der Waals surface area contributed by atoms with E-state index in [4.69, 9.17) is 44.8 Å². The summed E-state index contributed by atoms with van der Waals surface area (Å²) in [4.78, 5) is 34.9. The molecule has 0 aliphatic carbocycles. The molecule has 17 heteroatoms. The number of halogens is 1. The first kappa shape index (κ1) is 55.7. The van der Waals surface area contributed by atoms with Crippen LogP contribution in [0.2, 0.25) is 23.2 Å². The average molecular weight is 1010 g/mol. The number of ether oxygens (including phenoxy) is 5. The summed E-state index contributed by atoms with van der Waals surface area (Å²) in [6, 6.07) is 23.0. The lowest BCUT2D eigenvalue weighted by Crippen LogP contribution is -2.44. The molecule has 1 atom stereocenters. The van der Waals surface area contributed by atoms with Gasteiger partial charge in [-0.25, -0.2) is 4.79 Å². The highest BCUT2D eigenvalue weighted by Gasteiger charge is 2.37. The molecule has 0 saturated carbocycles. The zero-order valence-electron chi connectivity index (χ0n) is 42.8. The van der Waals surface area contributed by atoms with Gasteiger partial charge in [0.15, 0.2) is 8.32 Å². The van der Waals surface area contributed by atoms with Gasteiger partial charge in [0, 0.05) is 60.9 Å². The number of nitriles is 1. The molecule has 15 nitrogen and oxygen atoms in total. The minimum atomic E-state index is -2.05. The van der Waals surface area contributed by atoms with Gasteiger partial charge < -0.3 is 48.5 Å². The molecule has 71 heavy (non-hydrogen) atoms. The predicted octanol–water partition coefficient (Wildman–Crippen LogP) is 10.7. The number of nitrogens with zero attached hydrogens (tertiary/aromatic N) is 4. The molecule has 5 aromatic rings.